The van der Waals surface area contributed by atoms with Crippen LogP contribution >= 0.6 is 0 Å². The molecule has 1 aromatic rings. The number of hydrogen-bond donors (Lipinski definition) is 0. The lowest BCUT2D eigenvalue weighted by Gasteiger charge is -2.05. The first-order chi connectivity index (χ1) is 6.18. The molecule has 0 bridgehead atoms. The van der Waals surface area contributed by atoms with Gasteiger partial charge in [0.1, 0.15) is 6.54 Å². The Balaban J connectivity index is 2.79. The quantitative estimate of drug-likeness (QED) is 0.662. The Morgan fingerprint density at radius 1 is 1.14 bits per heavy atom. The van der Waals surface area contributed by atoms with E-state index in [1.165, 1.54) is 0 Å². The third-order valence-electron chi connectivity index (χ3n) is 1.27. The van der Waals surface area contributed by atoms with Gasteiger partial charge in [-0.3, -0.25) is 4.68 Å². The van der Waals surface area contributed by atoms with Crippen LogP contribution in [0.15, 0.2) is 12.3 Å². The van der Waals surface area contributed by atoms with E-state index in [-0.39, 0.29) is 4.68 Å². The highest BCUT2D eigenvalue weighted by molar-refractivity contribution is 5.03. The lowest BCUT2D eigenvalue weighted by Crippen LogP contribution is -2.18. The summed E-state index contributed by atoms with van der Waals surface area (Å²) in [6.07, 6.45) is -8.65. The second-order valence-corrected chi connectivity index (χ2v) is 2.51. The maximum atomic E-state index is 11.9. The molecule has 0 aliphatic carbocycles. The van der Waals surface area contributed by atoms with E-state index >= 15 is 0 Å². The van der Waals surface area contributed by atoms with Crippen molar-refractivity contribution in [2.24, 2.45) is 0 Å². The molecule has 0 atom stereocenters. The largest absolute Gasteiger partial charge is 0.435 e. The topological polar surface area (TPSA) is 17.8 Å². The van der Waals surface area contributed by atoms with Crippen molar-refractivity contribution in [2.45, 2.75) is 18.9 Å². The molecule has 8 heteroatoms. The van der Waals surface area contributed by atoms with Gasteiger partial charge in [-0.2, -0.15) is 31.4 Å². The summed E-state index contributed by atoms with van der Waals surface area (Å²) in [4.78, 5) is 0. The summed E-state index contributed by atoms with van der Waals surface area (Å²) in [6, 6.07) is 0.492. The average Bonchev–Trinajstić information content (AvgIpc) is 2.29. The van der Waals surface area contributed by atoms with E-state index in [0.29, 0.717) is 12.3 Å². The maximum Gasteiger partial charge on any atom is 0.435 e. The average molecular weight is 218 g/mol. The zero-order valence-electron chi connectivity index (χ0n) is 6.52. The SMILES string of the molecule is FC(F)(F)Cn1ccc(C(F)(F)F)n1. The molecular weight excluding hydrogens is 214 g/mol. The van der Waals surface area contributed by atoms with Crippen LogP contribution in [0.2, 0.25) is 0 Å². The van der Waals surface area contributed by atoms with E-state index < -0.39 is 24.6 Å². The molecule has 1 aromatic heterocycles. The van der Waals surface area contributed by atoms with Crippen molar-refractivity contribution in [3.8, 4) is 0 Å². The van der Waals surface area contributed by atoms with Crippen LogP contribution in [0.4, 0.5) is 26.3 Å². The van der Waals surface area contributed by atoms with Crippen LogP contribution in [-0.4, -0.2) is 16.0 Å². The first-order valence-electron chi connectivity index (χ1n) is 3.36. The normalized spacial score (nSPS) is 13.3. The number of alkyl halides is 6. The predicted molar refractivity (Wildman–Crippen MR) is 33.3 cm³/mol. The molecule has 0 fully saturated rings. The molecule has 0 saturated carbocycles. The number of rotatable bonds is 1. The molecule has 2 nitrogen and oxygen atoms in total. The third-order valence-corrected chi connectivity index (χ3v) is 1.27. The van der Waals surface area contributed by atoms with Crippen LogP contribution in [0.25, 0.3) is 0 Å². The van der Waals surface area contributed by atoms with Gasteiger partial charge in [0.2, 0.25) is 0 Å². The Morgan fingerprint density at radius 3 is 2.07 bits per heavy atom. The Kier molecular flexibility index (Phi) is 2.47. The van der Waals surface area contributed by atoms with Crippen molar-refractivity contribution in [2.75, 3.05) is 0 Å². The third kappa shape index (κ3) is 2.93. The van der Waals surface area contributed by atoms with Gasteiger partial charge in [-0.25, -0.2) is 0 Å². The molecule has 0 radical (unpaired) electrons. The number of aromatic nitrogens is 2. The summed E-state index contributed by atoms with van der Waals surface area (Å²) in [6.45, 7) is -1.52. The molecule has 1 rings (SSSR count). The highest BCUT2D eigenvalue weighted by Gasteiger charge is 2.35. The van der Waals surface area contributed by atoms with E-state index in [4.69, 9.17) is 0 Å². The van der Waals surface area contributed by atoms with Gasteiger partial charge < -0.3 is 0 Å². The van der Waals surface area contributed by atoms with Gasteiger partial charge in [0.15, 0.2) is 5.69 Å². The standard InChI is InChI=1S/C6H4F6N2/c7-5(8,9)3-14-2-1-4(13-14)6(10,11)12/h1-2H,3H2. The van der Waals surface area contributed by atoms with E-state index in [2.05, 4.69) is 5.10 Å². The van der Waals surface area contributed by atoms with Crippen LogP contribution in [0.5, 0.6) is 0 Å². The summed E-state index contributed by atoms with van der Waals surface area (Å²) < 4.78 is 70.9. The Labute approximate surface area is 74.1 Å². The molecule has 1 heterocycles. The Hall–Kier alpha value is -1.21. The van der Waals surface area contributed by atoms with Gasteiger partial charge in [-0.15, -0.1) is 0 Å². The lowest BCUT2D eigenvalue weighted by molar-refractivity contribution is -0.149. The van der Waals surface area contributed by atoms with Gasteiger partial charge >= 0.3 is 12.4 Å². The van der Waals surface area contributed by atoms with Crippen molar-refractivity contribution in [3.63, 3.8) is 0 Å². The first kappa shape index (κ1) is 10.9. The van der Waals surface area contributed by atoms with E-state index in [9.17, 15) is 26.3 Å². The minimum absolute atomic E-state index is 0.197. The van der Waals surface area contributed by atoms with Crippen molar-refractivity contribution in [1.82, 2.24) is 9.78 Å². The monoisotopic (exact) mass is 218 g/mol. The fourth-order valence-corrected chi connectivity index (χ4v) is 0.785. The number of halogens is 6. The first-order valence-corrected chi connectivity index (χ1v) is 3.36. The van der Waals surface area contributed by atoms with Gasteiger partial charge in [-0.05, 0) is 6.07 Å². The van der Waals surface area contributed by atoms with Crippen LogP contribution in [0.3, 0.4) is 0 Å². The molecule has 0 aromatic carbocycles. The zero-order chi connectivity index (χ0) is 11.0. The Morgan fingerprint density at radius 2 is 1.71 bits per heavy atom. The number of nitrogens with zero attached hydrogens (tertiary/aromatic N) is 2. The highest BCUT2D eigenvalue weighted by Crippen LogP contribution is 2.27. The zero-order valence-corrected chi connectivity index (χ0v) is 6.52. The maximum absolute atomic E-state index is 11.9. The summed E-state index contributed by atoms with van der Waals surface area (Å²) in [7, 11) is 0. The second kappa shape index (κ2) is 3.18. The minimum atomic E-state index is -4.71. The molecule has 14 heavy (non-hydrogen) atoms. The summed E-state index contributed by atoms with van der Waals surface area (Å²) in [5.74, 6) is 0. The van der Waals surface area contributed by atoms with Gasteiger partial charge in [0.05, 0.1) is 0 Å². The van der Waals surface area contributed by atoms with Crippen LogP contribution in [-0.2, 0) is 12.7 Å². The molecule has 0 spiro atoms. The molecule has 0 aliphatic heterocycles. The molecule has 0 amide bonds. The van der Waals surface area contributed by atoms with Gasteiger partial charge in [-0.1, -0.05) is 0 Å². The van der Waals surface area contributed by atoms with Gasteiger partial charge in [0, 0.05) is 6.20 Å². The van der Waals surface area contributed by atoms with E-state index in [1.807, 2.05) is 0 Å². The molecular formula is C6H4F6N2. The smallest absolute Gasteiger partial charge is 0.263 e. The van der Waals surface area contributed by atoms with Crippen molar-refractivity contribution in [1.29, 1.82) is 0 Å². The molecule has 80 valence electrons. The van der Waals surface area contributed by atoms with Gasteiger partial charge in [0.25, 0.3) is 0 Å². The minimum Gasteiger partial charge on any atom is -0.263 e. The molecule has 0 unspecified atom stereocenters. The van der Waals surface area contributed by atoms with Crippen molar-refractivity contribution in [3.05, 3.63) is 18.0 Å². The number of hydrogen-bond acceptors (Lipinski definition) is 1. The van der Waals surface area contributed by atoms with Crippen molar-refractivity contribution < 1.29 is 26.3 Å². The molecule has 0 aliphatic rings. The predicted octanol–water partition coefficient (Wildman–Crippen LogP) is 2.46. The fraction of sp³-hybridized carbons (Fsp3) is 0.500. The second-order valence-electron chi connectivity index (χ2n) is 2.51. The fourth-order valence-electron chi connectivity index (χ4n) is 0.785. The summed E-state index contributed by atoms with van der Waals surface area (Å²) in [5, 5.41) is 2.74. The van der Waals surface area contributed by atoms with E-state index in [0.717, 1.165) is 0 Å². The lowest BCUT2D eigenvalue weighted by atomic mass is 10.4. The summed E-state index contributed by atoms with van der Waals surface area (Å²) >= 11 is 0. The Bertz CT molecular complexity index is 309. The van der Waals surface area contributed by atoms with E-state index in [1.54, 1.807) is 0 Å². The highest BCUT2D eigenvalue weighted by atomic mass is 19.4. The van der Waals surface area contributed by atoms with Crippen LogP contribution < -0.4 is 0 Å². The van der Waals surface area contributed by atoms with Crippen LogP contribution in [0.1, 0.15) is 5.69 Å². The molecule has 0 saturated heterocycles. The van der Waals surface area contributed by atoms with Crippen molar-refractivity contribution >= 4 is 0 Å². The summed E-state index contributed by atoms with van der Waals surface area (Å²) in [5.41, 5.74) is -1.33. The van der Waals surface area contributed by atoms with Crippen LogP contribution in [0, 0.1) is 0 Å². The molecule has 0 N–H and O–H groups in total.